The van der Waals surface area contributed by atoms with Crippen LogP contribution < -0.4 is 16.0 Å². The quantitative estimate of drug-likeness (QED) is 0.0950. The van der Waals surface area contributed by atoms with Gasteiger partial charge in [-0.15, -0.1) is 0 Å². The largest absolute Gasteiger partial charge is 0.481 e. The minimum atomic E-state index is -4.39. The number of carbonyl (C=O) groups excluding carboxylic acids is 3. The average Bonchev–Trinajstić information content (AvgIpc) is 3.56. The van der Waals surface area contributed by atoms with Crippen LogP contribution in [0.2, 0.25) is 0 Å². The van der Waals surface area contributed by atoms with Crippen molar-refractivity contribution in [1.82, 2.24) is 25.9 Å². The summed E-state index contributed by atoms with van der Waals surface area (Å²) in [6.45, 7) is 3.50. The number of nitrogens with zero attached hydrogens (tertiary/aromatic N) is 1. The van der Waals surface area contributed by atoms with Gasteiger partial charge in [0.2, 0.25) is 19.2 Å². The summed E-state index contributed by atoms with van der Waals surface area (Å²) in [6.07, 6.45) is 1.01. The second-order valence-electron chi connectivity index (χ2n) is 11.9. The first-order chi connectivity index (χ1) is 22.9. The molecule has 3 amide bonds. The number of nitrogens with one attached hydrogen (secondary N) is 4. The van der Waals surface area contributed by atoms with E-state index in [9.17, 15) is 33.7 Å². The van der Waals surface area contributed by atoms with E-state index in [1.165, 1.54) is 12.5 Å². The maximum absolute atomic E-state index is 14.0. The number of hydrogen-bond donors (Lipinski definition) is 6. The van der Waals surface area contributed by atoms with Gasteiger partial charge in [0.15, 0.2) is 0 Å². The molecule has 3 aromatic carbocycles. The van der Waals surface area contributed by atoms with E-state index < -0.39 is 55.3 Å². The van der Waals surface area contributed by atoms with E-state index in [0.717, 1.165) is 21.9 Å². The maximum atomic E-state index is 14.0. The molecule has 0 aliphatic carbocycles. The number of imidazole rings is 1. The summed E-state index contributed by atoms with van der Waals surface area (Å²) in [5.74, 6) is -4.55. The van der Waals surface area contributed by atoms with Crippen LogP contribution in [0, 0.1) is 5.92 Å². The summed E-state index contributed by atoms with van der Waals surface area (Å²) in [4.78, 5) is 69.6. The van der Waals surface area contributed by atoms with Gasteiger partial charge in [0, 0.05) is 19.0 Å². The molecule has 1 heterocycles. The molecule has 14 heteroatoms. The highest BCUT2D eigenvalue weighted by molar-refractivity contribution is 7.59. The first kappa shape index (κ1) is 35.8. The molecule has 254 valence electrons. The number of ether oxygens (including phenoxy) is 1. The Hall–Kier alpha value is -5.00. The summed E-state index contributed by atoms with van der Waals surface area (Å²) in [5, 5.41) is 18.9. The predicted molar refractivity (Wildman–Crippen MR) is 179 cm³/mol. The highest BCUT2D eigenvalue weighted by Gasteiger charge is 2.37. The number of amides is 3. The van der Waals surface area contributed by atoms with Crippen LogP contribution in [-0.4, -0.2) is 67.9 Å². The van der Waals surface area contributed by atoms with Gasteiger partial charge in [-0.25, -0.2) is 9.78 Å². The number of fused-ring (bicyclic) bond motifs is 1. The molecular formula is C34H40N5O8P. The minimum Gasteiger partial charge on any atom is -0.481 e. The third-order valence-electron chi connectivity index (χ3n) is 7.58. The van der Waals surface area contributed by atoms with Crippen molar-refractivity contribution in [3.05, 3.63) is 102 Å². The fourth-order valence-corrected chi connectivity index (χ4v) is 6.93. The van der Waals surface area contributed by atoms with Crippen molar-refractivity contribution in [2.45, 2.75) is 57.6 Å². The number of aromatic nitrogens is 2. The van der Waals surface area contributed by atoms with Crippen LogP contribution in [0.15, 0.2) is 85.3 Å². The Balaban J connectivity index is 1.60. The zero-order valence-electron chi connectivity index (χ0n) is 26.7. The van der Waals surface area contributed by atoms with E-state index in [-0.39, 0.29) is 31.8 Å². The molecule has 0 fully saturated rings. The van der Waals surface area contributed by atoms with E-state index >= 15 is 0 Å². The monoisotopic (exact) mass is 677 g/mol. The summed E-state index contributed by atoms with van der Waals surface area (Å²) in [7, 11) is -4.39. The SMILES string of the molecule is CC(C)CC(NC(=O)[C@H](Cc1c[nH]cn1)NC(=O)[C@H](Cc1cccc2ccccc12)NC(=O)OCc1ccccc1)P(=O)(O)CC(=O)O. The zero-order chi connectivity index (χ0) is 34.7. The van der Waals surface area contributed by atoms with E-state index in [4.69, 9.17) is 4.74 Å². The summed E-state index contributed by atoms with van der Waals surface area (Å²) >= 11 is 0. The van der Waals surface area contributed by atoms with Crippen molar-refractivity contribution >= 4 is 42.0 Å². The number of carbonyl (C=O) groups is 4. The Morgan fingerprint density at radius 3 is 2.23 bits per heavy atom. The molecule has 0 aliphatic rings. The fourth-order valence-electron chi connectivity index (χ4n) is 5.24. The molecule has 13 nitrogen and oxygen atoms in total. The van der Waals surface area contributed by atoms with Crippen LogP contribution in [0.3, 0.4) is 0 Å². The van der Waals surface area contributed by atoms with Crippen molar-refractivity contribution in [2.24, 2.45) is 5.92 Å². The molecule has 4 atom stereocenters. The number of aliphatic carboxylic acids is 1. The average molecular weight is 678 g/mol. The lowest BCUT2D eigenvalue weighted by Gasteiger charge is -2.28. The molecule has 0 bridgehead atoms. The molecule has 2 unspecified atom stereocenters. The maximum Gasteiger partial charge on any atom is 0.408 e. The Bertz CT molecular complexity index is 1740. The van der Waals surface area contributed by atoms with Gasteiger partial charge >= 0.3 is 12.1 Å². The fraction of sp³-hybridized carbons (Fsp3) is 0.324. The van der Waals surface area contributed by atoms with Crippen LogP contribution in [0.25, 0.3) is 10.8 Å². The van der Waals surface area contributed by atoms with Crippen LogP contribution in [0.5, 0.6) is 0 Å². The van der Waals surface area contributed by atoms with Crippen LogP contribution in [-0.2, 0) is 43.1 Å². The number of aromatic amines is 1. The van der Waals surface area contributed by atoms with Crippen molar-refractivity contribution in [2.75, 3.05) is 6.16 Å². The van der Waals surface area contributed by atoms with Crippen LogP contribution in [0.4, 0.5) is 4.79 Å². The number of rotatable bonds is 16. The molecule has 0 saturated carbocycles. The molecular weight excluding hydrogens is 637 g/mol. The topological polar surface area (TPSA) is 200 Å². The first-order valence-electron chi connectivity index (χ1n) is 15.5. The van der Waals surface area contributed by atoms with Gasteiger partial charge in [-0.3, -0.25) is 18.9 Å². The number of H-pyrrole nitrogens is 1. The third-order valence-corrected chi connectivity index (χ3v) is 9.62. The lowest BCUT2D eigenvalue weighted by Crippen LogP contribution is -2.56. The summed E-state index contributed by atoms with van der Waals surface area (Å²) < 4.78 is 18.5. The number of alkyl carbamates (subject to hydrolysis) is 1. The smallest absolute Gasteiger partial charge is 0.408 e. The van der Waals surface area contributed by atoms with Gasteiger partial charge in [0.05, 0.1) is 12.0 Å². The predicted octanol–water partition coefficient (Wildman–Crippen LogP) is 3.97. The molecule has 4 rings (SSSR count). The van der Waals surface area contributed by atoms with Gasteiger partial charge in [-0.2, -0.15) is 0 Å². The second-order valence-corrected chi connectivity index (χ2v) is 14.3. The van der Waals surface area contributed by atoms with Gasteiger partial charge in [0.25, 0.3) is 0 Å². The number of benzene rings is 3. The molecule has 4 aromatic rings. The van der Waals surface area contributed by atoms with Gasteiger partial charge in [-0.1, -0.05) is 86.6 Å². The molecule has 0 saturated heterocycles. The Kier molecular flexibility index (Phi) is 12.5. The van der Waals surface area contributed by atoms with Gasteiger partial charge in [0.1, 0.15) is 30.6 Å². The lowest BCUT2D eigenvalue weighted by atomic mass is 9.98. The Morgan fingerprint density at radius 2 is 1.54 bits per heavy atom. The van der Waals surface area contributed by atoms with Crippen molar-refractivity contribution in [1.29, 1.82) is 0 Å². The van der Waals surface area contributed by atoms with Gasteiger partial charge < -0.3 is 35.7 Å². The Labute approximate surface area is 278 Å². The molecule has 0 aliphatic heterocycles. The Morgan fingerprint density at radius 1 is 0.875 bits per heavy atom. The number of hydrogen-bond acceptors (Lipinski definition) is 7. The molecule has 48 heavy (non-hydrogen) atoms. The summed E-state index contributed by atoms with van der Waals surface area (Å²) in [5.41, 5.74) is 1.92. The minimum absolute atomic E-state index is 0.0222. The first-order valence-corrected chi connectivity index (χ1v) is 17.4. The standard InChI is InChI=1S/C34H40N5O8P/c1-22(2)15-30(48(45,46)20-31(40)41)39-33(43)29(17-26-18-35-21-36-26)37-32(42)28(38-34(44)47-19-23-9-4-3-5-10-23)16-25-13-8-12-24-11-6-7-14-27(24)25/h3-14,18,21-22,28-30H,15-17,19-20H2,1-2H3,(H,35,36)(H,37,42)(H,38,44)(H,39,43)(H,40,41)(H,45,46)/t28-,29-,30?/m0/s1. The molecule has 0 spiro atoms. The van der Waals surface area contributed by atoms with Crippen LogP contribution >= 0.6 is 7.37 Å². The second kappa shape index (κ2) is 16.7. The number of carboxylic acid groups (broad SMARTS) is 1. The van der Waals surface area contributed by atoms with E-state index in [2.05, 4.69) is 25.9 Å². The van der Waals surface area contributed by atoms with Crippen LogP contribution in [0.1, 0.15) is 37.1 Å². The van der Waals surface area contributed by atoms with Crippen molar-refractivity contribution < 1.29 is 38.5 Å². The molecule has 6 N–H and O–H groups in total. The zero-order valence-corrected chi connectivity index (χ0v) is 27.6. The molecule has 1 aromatic heterocycles. The molecule has 0 radical (unpaired) electrons. The highest BCUT2D eigenvalue weighted by atomic mass is 31.2. The summed E-state index contributed by atoms with van der Waals surface area (Å²) in [6, 6.07) is 19.7. The van der Waals surface area contributed by atoms with Crippen molar-refractivity contribution in [3.63, 3.8) is 0 Å². The van der Waals surface area contributed by atoms with E-state index in [1.807, 2.05) is 48.5 Å². The third kappa shape index (κ3) is 10.5. The van der Waals surface area contributed by atoms with E-state index in [0.29, 0.717) is 5.69 Å². The normalized spacial score (nSPS) is 14.3. The van der Waals surface area contributed by atoms with Crippen molar-refractivity contribution in [3.8, 4) is 0 Å². The lowest BCUT2D eigenvalue weighted by molar-refractivity contribution is -0.134. The highest BCUT2D eigenvalue weighted by Crippen LogP contribution is 2.47. The number of carboxylic acids is 1. The van der Waals surface area contributed by atoms with Gasteiger partial charge in [-0.05, 0) is 34.2 Å². The van der Waals surface area contributed by atoms with E-state index in [1.54, 1.807) is 38.1 Å².